The van der Waals surface area contributed by atoms with Crippen molar-refractivity contribution in [1.29, 1.82) is 0 Å². The van der Waals surface area contributed by atoms with Gasteiger partial charge in [-0.25, -0.2) is 0 Å². The van der Waals surface area contributed by atoms with Crippen molar-refractivity contribution >= 4 is 5.91 Å². The van der Waals surface area contributed by atoms with Gasteiger partial charge in [-0.05, 0) is 24.6 Å². The molecule has 28 heavy (non-hydrogen) atoms. The number of hydrogen-bond donors (Lipinski definition) is 2. The predicted molar refractivity (Wildman–Crippen MR) is 111 cm³/mol. The van der Waals surface area contributed by atoms with Gasteiger partial charge in [0.15, 0.2) is 6.04 Å². The van der Waals surface area contributed by atoms with E-state index < -0.39 is 0 Å². The first kappa shape index (κ1) is 19.6. The number of carbonyl (C=O) groups excluding carboxylic acids is 1. The Labute approximate surface area is 166 Å². The van der Waals surface area contributed by atoms with E-state index in [0.29, 0.717) is 6.54 Å². The van der Waals surface area contributed by atoms with E-state index in [9.17, 15) is 4.79 Å². The average molecular weight is 375 g/mol. The van der Waals surface area contributed by atoms with Crippen LogP contribution in [0.25, 0.3) is 0 Å². The quantitative estimate of drug-likeness (QED) is 0.636. The first-order valence-electron chi connectivity index (χ1n) is 9.53. The van der Waals surface area contributed by atoms with Crippen molar-refractivity contribution in [3.8, 4) is 5.75 Å². The zero-order valence-corrected chi connectivity index (χ0v) is 16.3. The maximum absolute atomic E-state index is 12.7. The Kier molecular flexibility index (Phi) is 6.82. The second-order valence-electron chi connectivity index (χ2n) is 6.85. The Morgan fingerprint density at radius 1 is 0.893 bits per heavy atom. The highest BCUT2D eigenvalue weighted by atomic mass is 16.5. The summed E-state index contributed by atoms with van der Waals surface area (Å²) >= 11 is 0. The summed E-state index contributed by atoms with van der Waals surface area (Å²) in [4.78, 5) is 12.7. The molecule has 0 saturated heterocycles. The van der Waals surface area contributed by atoms with Gasteiger partial charge in [-0.15, -0.1) is 0 Å². The molecule has 4 nitrogen and oxygen atoms in total. The molecule has 0 aliphatic heterocycles. The average Bonchev–Trinajstić information content (AvgIpc) is 2.77. The van der Waals surface area contributed by atoms with E-state index >= 15 is 0 Å². The van der Waals surface area contributed by atoms with Crippen LogP contribution >= 0.6 is 0 Å². The van der Waals surface area contributed by atoms with Crippen LogP contribution in [-0.2, 0) is 11.3 Å². The molecule has 144 valence electrons. The zero-order valence-electron chi connectivity index (χ0n) is 16.3. The molecule has 3 aromatic carbocycles. The maximum Gasteiger partial charge on any atom is 0.278 e. The van der Waals surface area contributed by atoms with Gasteiger partial charge >= 0.3 is 0 Å². The third-order valence-corrected chi connectivity index (χ3v) is 4.84. The number of amides is 1. The molecule has 0 unspecified atom stereocenters. The summed E-state index contributed by atoms with van der Waals surface area (Å²) in [5.74, 6) is 0.832. The molecule has 4 heteroatoms. The number of benzene rings is 3. The largest absolute Gasteiger partial charge is 0.497 e. The van der Waals surface area contributed by atoms with Crippen molar-refractivity contribution in [2.24, 2.45) is 0 Å². The van der Waals surface area contributed by atoms with Crippen LogP contribution in [0, 0.1) is 0 Å². The number of carbonyl (C=O) groups is 1. The number of quaternary nitrogens is 1. The molecule has 3 N–H and O–H groups in total. The molecule has 0 fully saturated rings. The standard InChI is InChI=1S/C24H26N2O2/c1-18(24(27)25-17-19-13-15-22(28-2)16-14-19)26-23(20-9-5-3-6-10-20)21-11-7-4-8-12-21/h3-16,18,23,26H,17H2,1-2H3,(H,25,27)/p+1/t18-/m0/s1. The molecule has 0 aliphatic carbocycles. The molecule has 0 aliphatic rings. The Balaban J connectivity index is 1.65. The highest BCUT2D eigenvalue weighted by Crippen LogP contribution is 2.18. The smallest absolute Gasteiger partial charge is 0.278 e. The summed E-state index contributed by atoms with van der Waals surface area (Å²) in [6.07, 6.45) is 0. The van der Waals surface area contributed by atoms with Gasteiger partial charge in [0.1, 0.15) is 11.8 Å². The third-order valence-electron chi connectivity index (χ3n) is 4.84. The van der Waals surface area contributed by atoms with Crippen molar-refractivity contribution in [3.63, 3.8) is 0 Å². The lowest BCUT2D eigenvalue weighted by Gasteiger charge is -2.20. The summed E-state index contributed by atoms with van der Waals surface area (Å²) in [7, 11) is 1.64. The highest BCUT2D eigenvalue weighted by molar-refractivity contribution is 5.79. The molecule has 0 saturated carbocycles. The lowest BCUT2D eigenvalue weighted by Crippen LogP contribution is -2.92. The van der Waals surface area contributed by atoms with Gasteiger partial charge in [0.2, 0.25) is 0 Å². The van der Waals surface area contributed by atoms with E-state index in [1.165, 1.54) is 11.1 Å². The van der Waals surface area contributed by atoms with Crippen LogP contribution in [0.3, 0.4) is 0 Å². The lowest BCUT2D eigenvalue weighted by atomic mass is 9.98. The summed E-state index contributed by atoms with van der Waals surface area (Å²) < 4.78 is 5.17. The zero-order chi connectivity index (χ0) is 19.8. The number of hydrogen-bond acceptors (Lipinski definition) is 2. The van der Waals surface area contributed by atoms with Crippen molar-refractivity contribution in [1.82, 2.24) is 5.32 Å². The Bertz CT molecular complexity index is 825. The molecule has 3 rings (SSSR count). The fraction of sp³-hybridized carbons (Fsp3) is 0.208. The molecule has 0 heterocycles. The molecule has 0 bridgehead atoms. The van der Waals surface area contributed by atoms with E-state index in [1.54, 1.807) is 7.11 Å². The predicted octanol–water partition coefficient (Wildman–Crippen LogP) is 3.05. The van der Waals surface area contributed by atoms with Crippen LogP contribution in [-0.4, -0.2) is 19.1 Å². The van der Waals surface area contributed by atoms with Crippen molar-refractivity contribution in [2.45, 2.75) is 25.6 Å². The van der Waals surface area contributed by atoms with Crippen molar-refractivity contribution in [3.05, 3.63) is 102 Å². The molecule has 0 spiro atoms. The molecule has 0 radical (unpaired) electrons. The molecular weight excluding hydrogens is 348 g/mol. The summed E-state index contributed by atoms with van der Waals surface area (Å²) in [5.41, 5.74) is 3.41. The first-order chi connectivity index (χ1) is 13.7. The second-order valence-corrected chi connectivity index (χ2v) is 6.85. The molecular formula is C24H27N2O2+. The minimum Gasteiger partial charge on any atom is -0.497 e. The van der Waals surface area contributed by atoms with Crippen molar-refractivity contribution < 1.29 is 14.8 Å². The van der Waals surface area contributed by atoms with Gasteiger partial charge in [0.25, 0.3) is 5.91 Å². The Morgan fingerprint density at radius 3 is 1.93 bits per heavy atom. The summed E-state index contributed by atoms with van der Waals surface area (Å²) in [6, 6.07) is 28.2. The Morgan fingerprint density at radius 2 is 1.43 bits per heavy atom. The van der Waals surface area contributed by atoms with Crippen LogP contribution in [0.1, 0.15) is 29.7 Å². The number of methoxy groups -OCH3 is 1. The summed E-state index contributed by atoms with van der Waals surface area (Å²) in [5, 5.41) is 5.15. The second kappa shape index (κ2) is 9.72. The van der Waals surface area contributed by atoms with Crippen LogP contribution in [0.4, 0.5) is 0 Å². The lowest BCUT2D eigenvalue weighted by molar-refractivity contribution is -0.704. The number of ether oxygens (including phenoxy) is 1. The van der Waals surface area contributed by atoms with Gasteiger partial charge in [0.05, 0.1) is 7.11 Å². The van der Waals surface area contributed by atoms with Gasteiger partial charge in [-0.1, -0.05) is 72.8 Å². The molecule has 0 aromatic heterocycles. The molecule has 3 aromatic rings. The van der Waals surface area contributed by atoms with Crippen LogP contribution in [0.2, 0.25) is 0 Å². The topological polar surface area (TPSA) is 54.9 Å². The minimum atomic E-state index is -0.219. The highest BCUT2D eigenvalue weighted by Gasteiger charge is 2.24. The van der Waals surface area contributed by atoms with Crippen LogP contribution in [0.15, 0.2) is 84.9 Å². The minimum absolute atomic E-state index is 0.0210. The molecule has 1 amide bonds. The van der Waals surface area contributed by atoms with E-state index in [-0.39, 0.29) is 18.0 Å². The third kappa shape index (κ3) is 5.21. The summed E-state index contributed by atoms with van der Waals surface area (Å²) in [6.45, 7) is 2.45. The normalized spacial score (nSPS) is 11.8. The first-order valence-corrected chi connectivity index (χ1v) is 9.53. The van der Waals surface area contributed by atoms with Crippen molar-refractivity contribution in [2.75, 3.05) is 7.11 Å². The fourth-order valence-corrected chi connectivity index (χ4v) is 3.21. The van der Waals surface area contributed by atoms with Crippen LogP contribution in [0.5, 0.6) is 5.75 Å². The van der Waals surface area contributed by atoms with E-state index in [2.05, 4.69) is 34.9 Å². The van der Waals surface area contributed by atoms with E-state index in [0.717, 1.165) is 11.3 Å². The van der Waals surface area contributed by atoms with E-state index in [4.69, 9.17) is 4.74 Å². The van der Waals surface area contributed by atoms with Crippen LogP contribution < -0.4 is 15.4 Å². The maximum atomic E-state index is 12.7. The van der Waals surface area contributed by atoms with Gasteiger partial charge in [-0.3, -0.25) is 4.79 Å². The van der Waals surface area contributed by atoms with Gasteiger partial charge in [-0.2, -0.15) is 0 Å². The monoisotopic (exact) mass is 375 g/mol. The van der Waals surface area contributed by atoms with Gasteiger partial charge in [0, 0.05) is 17.7 Å². The van der Waals surface area contributed by atoms with E-state index in [1.807, 2.05) is 67.6 Å². The number of rotatable bonds is 8. The molecule has 1 atom stereocenters. The SMILES string of the molecule is COc1ccc(CNC(=O)[C@H](C)[NH2+]C(c2ccccc2)c2ccccc2)cc1. The Hall–Kier alpha value is -3.11. The van der Waals surface area contributed by atoms with Gasteiger partial charge < -0.3 is 15.4 Å². The number of nitrogens with two attached hydrogens (primary N) is 1. The number of nitrogens with one attached hydrogen (secondary N) is 1. The fourth-order valence-electron chi connectivity index (χ4n) is 3.21.